The Morgan fingerprint density at radius 3 is 2.77 bits per heavy atom. The van der Waals surface area contributed by atoms with E-state index in [1.165, 1.54) is 4.90 Å². The van der Waals surface area contributed by atoms with E-state index in [4.69, 9.17) is 0 Å². The van der Waals surface area contributed by atoms with E-state index in [-0.39, 0.29) is 30.9 Å². The summed E-state index contributed by atoms with van der Waals surface area (Å²) in [5, 5.41) is 11.5. The molecule has 1 aliphatic rings. The molecule has 1 amide bonds. The van der Waals surface area contributed by atoms with Crippen molar-refractivity contribution in [3.05, 3.63) is 75.6 Å². The van der Waals surface area contributed by atoms with E-state index in [0.717, 1.165) is 18.2 Å². The molecule has 1 aromatic carbocycles. The number of nitro groups is 1. The molecule has 0 aliphatic carbocycles. The number of carbonyl (C=O) groups is 1. The maximum absolute atomic E-state index is 14.3. The Morgan fingerprint density at radius 1 is 1.27 bits per heavy atom. The molecule has 2 aromatic rings. The molecule has 136 valence electrons. The smallest absolute Gasteiger partial charge is 0.237 e. The van der Waals surface area contributed by atoms with E-state index in [2.05, 4.69) is 4.98 Å². The molecule has 0 radical (unpaired) electrons. The largest absolute Gasteiger partial charge is 0.328 e. The molecule has 3 rings (SSSR count). The van der Waals surface area contributed by atoms with Crippen LogP contribution in [0.2, 0.25) is 0 Å². The summed E-state index contributed by atoms with van der Waals surface area (Å²) in [6.07, 6.45) is 1.97. The van der Waals surface area contributed by atoms with Gasteiger partial charge in [-0.1, -0.05) is 6.07 Å². The highest BCUT2D eigenvalue weighted by Gasteiger charge is 2.44. The first kappa shape index (κ1) is 17.9. The van der Waals surface area contributed by atoms with Gasteiger partial charge in [0, 0.05) is 48.2 Å². The molecule has 1 aromatic heterocycles. The third-order valence-corrected chi connectivity index (χ3v) is 4.56. The van der Waals surface area contributed by atoms with Gasteiger partial charge >= 0.3 is 0 Å². The lowest BCUT2D eigenvalue weighted by Crippen LogP contribution is -2.49. The van der Waals surface area contributed by atoms with Crippen LogP contribution in [0.3, 0.4) is 0 Å². The minimum Gasteiger partial charge on any atom is -0.328 e. The van der Waals surface area contributed by atoms with Gasteiger partial charge in [-0.05, 0) is 30.3 Å². The fourth-order valence-electron chi connectivity index (χ4n) is 3.32. The Kier molecular flexibility index (Phi) is 5.20. The summed E-state index contributed by atoms with van der Waals surface area (Å²) in [5.41, 5.74) is 0.544. The van der Waals surface area contributed by atoms with Crippen LogP contribution in [0.15, 0.2) is 42.6 Å². The van der Waals surface area contributed by atoms with Crippen molar-refractivity contribution >= 4 is 5.91 Å². The maximum Gasteiger partial charge on any atom is 0.237 e. The molecule has 1 aliphatic heterocycles. The molecule has 0 bridgehead atoms. The Hall–Kier alpha value is -2.90. The number of hydrogen-bond acceptors (Lipinski definition) is 4. The average Bonchev–Trinajstić information content (AvgIpc) is 2.63. The zero-order valence-electron chi connectivity index (χ0n) is 13.8. The molecule has 1 fully saturated rings. The predicted octanol–water partition coefficient (Wildman–Crippen LogP) is 2.91. The number of pyridine rings is 1. The molecule has 2 atom stereocenters. The van der Waals surface area contributed by atoms with Crippen molar-refractivity contribution in [1.29, 1.82) is 0 Å². The predicted molar refractivity (Wildman–Crippen MR) is 88.8 cm³/mol. The van der Waals surface area contributed by atoms with Gasteiger partial charge in [0.05, 0.1) is 0 Å². The third kappa shape index (κ3) is 3.68. The van der Waals surface area contributed by atoms with Crippen LogP contribution >= 0.6 is 0 Å². The first-order valence-corrected chi connectivity index (χ1v) is 8.25. The van der Waals surface area contributed by atoms with E-state index in [1.807, 2.05) is 0 Å². The van der Waals surface area contributed by atoms with Crippen molar-refractivity contribution in [3.63, 3.8) is 0 Å². The van der Waals surface area contributed by atoms with Crippen LogP contribution in [0, 0.1) is 21.7 Å². The number of benzene rings is 1. The van der Waals surface area contributed by atoms with Crippen molar-refractivity contribution in [3.8, 4) is 0 Å². The molecule has 8 heteroatoms. The maximum atomic E-state index is 14.3. The van der Waals surface area contributed by atoms with Gasteiger partial charge in [0.1, 0.15) is 17.7 Å². The van der Waals surface area contributed by atoms with Gasteiger partial charge in [-0.15, -0.1) is 0 Å². The van der Waals surface area contributed by atoms with E-state index in [0.29, 0.717) is 12.1 Å². The van der Waals surface area contributed by atoms with Gasteiger partial charge < -0.3 is 4.90 Å². The van der Waals surface area contributed by atoms with Crippen LogP contribution in [0.4, 0.5) is 8.78 Å². The van der Waals surface area contributed by atoms with Crippen LogP contribution < -0.4 is 0 Å². The first-order valence-electron chi connectivity index (χ1n) is 8.25. The highest BCUT2D eigenvalue weighted by atomic mass is 19.1. The van der Waals surface area contributed by atoms with Crippen LogP contribution in [0.1, 0.15) is 30.1 Å². The molecule has 0 saturated carbocycles. The zero-order chi connectivity index (χ0) is 18.7. The molecule has 26 heavy (non-hydrogen) atoms. The number of rotatable bonds is 5. The molecule has 2 heterocycles. The Bertz CT molecular complexity index is 817. The minimum atomic E-state index is -1.19. The quantitative estimate of drug-likeness (QED) is 0.606. The van der Waals surface area contributed by atoms with E-state index >= 15 is 0 Å². The molecule has 1 saturated heterocycles. The van der Waals surface area contributed by atoms with Gasteiger partial charge in [-0.3, -0.25) is 19.9 Å². The van der Waals surface area contributed by atoms with Gasteiger partial charge in [0.25, 0.3) is 0 Å². The van der Waals surface area contributed by atoms with Gasteiger partial charge in [-0.2, -0.15) is 0 Å². The number of aromatic nitrogens is 1. The molecule has 0 N–H and O–H groups in total. The number of hydrogen-bond donors (Lipinski definition) is 0. The Balaban J connectivity index is 1.95. The van der Waals surface area contributed by atoms with Gasteiger partial charge in [0.2, 0.25) is 11.9 Å². The summed E-state index contributed by atoms with van der Waals surface area (Å²) >= 11 is 0. The molecule has 6 nitrogen and oxygen atoms in total. The van der Waals surface area contributed by atoms with Crippen LogP contribution in [0.25, 0.3) is 0 Å². The summed E-state index contributed by atoms with van der Waals surface area (Å²) in [6, 6.07) is 5.80. The van der Waals surface area contributed by atoms with Crippen molar-refractivity contribution < 1.29 is 18.5 Å². The monoisotopic (exact) mass is 361 g/mol. The lowest BCUT2D eigenvalue weighted by molar-refractivity contribution is -0.533. The molecular formula is C18H17F2N3O3. The van der Waals surface area contributed by atoms with E-state index < -0.39 is 28.6 Å². The summed E-state index contributed by atoms with van der Waals surface area (Å²) in [6.45, 7) is 0.140. The van der Waals surface area contributed by atoms with Gasteiger partial charge in [-0.25, -0.2) is 8.78 Å². The third-order valence-electron chi connectivity index (χ3n) is 4.56. The van der Waals surface area contributed by atoms with Crippen LogP contribution in [-0.2, 0) is 11.2 Å². The average molecular weight is 361 g/mol. The summed E-state index contributed by atoms with van der Waals surface area (Å²) < 4.78 is 28.0. The van der Waals surface area contributed by atoms with Crippen molar-refractivity contribution in [2.45, 2.75) is 31.3 Å². The number of likely N-dealkylation sites (tertiary alicyclic amines) is 1. The fourth-order valence-corrected chi connectivity index (χ4v) is 3.32. The summed E-state index contributed by atoms with van der Waals surface area (Å²) in [4.78, 5) is 28.9. The van der Waals surface area contributed by atoms with Crippen LogP contribution in [-0.4, -0.2) is 33.3 Å². The standard InChI is InChI=1S/C18H17F2N3O3/c19-12-4-5-15(20)14(11-12)18-16(23(25)26)6-7-17(24)22(18)10-8-13-3-1-2-9-21-13/h1-5,9,11,16,18H,6-8,10H2. The second-order valence-electron chi connectivity index (χ2n) is 6.16. The van der Waals surface area contributed by atoms with Crippen molar-refractivity contribution in [2.24, 2.45) is 0 Å². The number of nitrogens with zero attached hydrogens (tertiary/aromatic N) is 3. The SMILES string of the molecule is O=C1CCC([N+](=O)[O-])C(c2cc(F)ccc2F)N1CCc1ccccn1. The lowest BCUT2D eigenvalue weighted by Gasteiger charge is -2.37. The van der Waals surface area contributed by atoms with E-state index in [9.17, 15) is 23.7 Å². The number of halogens is 2. The Morgan fingerprint density at radius 2 is 2.08 bits per heavy atom. The van der Waals surface area contributed by atoms with E-state index in [1.54, 1.807) is 24.4 Å². The minimum absolute atomic E-state index is 0.00129. The van der Waals surface area contributed by atoms with Gasteiger partial charge in [0.15, 0.2) is 0 Å². The van der Waals surface area contributed by atoms with Crippen molar-refractivity contribution in [2.75, 3.05) is 6.54 Å². The highest BCUT2D eigenvalue weighted by Crippen LogP contribution is 2.35. The summed E-state index contributed by atoms with van der Waals surface area (Å²) in [7, 11) is 0. The second-order valence-corrected chi connectivity index (χ2v) is 6.16. The number of amides is 1. The highest BCUT2D eigenvalue weighted by molar-refractivity contribution is 5.78. The Labute approximate surface area is 148 Å². The normalized spacial score (nSPS) is 20.2. The van der Waals surface area contributed by atoms with Crippen molar-refractivity contribution in [1.82, 2.24) is 9.88 Å². The molecule has 2 unspecified atom stereocenters. The topological polar surface area (TPSA) is 76.3 Å². The van der Waals surface area contributed by atoms with Crippen LogP contribution in [0.5, 0.6) is 0 Å². The molecule has 0 spiro atoms. The summed E-state index contributed by atoms with van der Waals surface area (Å²) in [5.74, 6) is -1.78. The fraction of sp³-hybridized carbons (Fsp3) is 0.333. The number of piperidine rings is 1. The zero-order valence-corrected chi connectivity index (χ0v) is 13.8. The second kappa shape index (κ2) is 7.55. The first-order chi connectivity index (χ1) is 12.5. The number of carbonyl (C=O) groups excluding carboxylic acids is 1. The molecular weight excluding hydrogens is 344 g/mol. The lowest BCUT2D eigenvalue weighted by atomic mass is 9.89.